The third-order valence-corrected chi connectivity index (χ3v) is 3.83. The van der Waals surface area contributed by atoms with Crippen LogP contribution in [-0.2, 0) is 17.6 Å². The van der Waals surface area contributed by atoms with Gasteiger partial charge in [0.05, 0.1) is 14.2 Å². The van der Waals surface area contributed by atoms with Gasteiger partial charge < -0.3 is 9.47 Å². The van der Waals surface area contributed by atoms with Gasteiger partial charge in [-0.25, -0.2) is 0 Å². The van der Waals surface area contributed by atoms with Crippen LogP contribution in [-0.4, -0.2) is 31.8 Å². The molecule has 0 aliphatic carbocycles. The molecule has 0 aliphatic heterocycles. The van der Waals surface area contributed by atoms with E-state index in [2.05, 4.69) is 0 Å². The van der Waals surface area contributed by atoms with Crippen molar-refractivity contribution in [2.24, 2.45) is 0 Å². The van der Waals surface area contributed by atoms with Crippen LogP contribution in [0.3, 0.4) is 0 Å². The van der Waals surface area contributed by atoms with Crippen molar-refractivity contribution in [3.05, 3.63) is 59.7 Å². The molecular formula is C19H18F4O3. The van der Waals surface area contributed by atoms with Gasteiger partial charge in [0, 0.05) is 12.8 Å². The molecule has 7 heteroatoms. The molecule has 2 aromatic rings. The number of carbonyl (C=O) groups excluding carboxylic acids is 1. The summed E-state index contributed by atoms with van der Waals surface area (Å²) in [5.74, 6) is -9.90. The molecule has 2 rings (SSSR count). The molecule has 0 heterocycles. The number of halogens is 4. The summed E-state index contributed by atoms with van der Waals surface area (Å²) in [6.07, 6.45) is -2.21. The minimum atomic E-state index is -4.19. The van der Waals surface area contributed by atoms with Crippen LogP contribution in [0.15, 0.2) is 48.5 Å². The van der Waals surface area contributed by atoms with Gasteiger partial charge in [0.25, 0.3) is 5.78 Å². The molecule has 140 valence electrons. The first-order valence-electron chi connectivity index (χ1n) is 7.74. The fraction of sp³-hybridized carbons (Fsp3) is 0.316. The lowest BCUT2D eigenvalue weighted by atomic mass is 9.96. The van der Waals surface area contributed by atoms with Crippen molar-refractivity contribution in [1.82, 2.24) is 0 Å². The minimum absolute atomic E-state index is 0.0596. The van der Waals surface area contributed by atoms with Crippen molar-refractivity contribution in [1.29, 1.82) is 0 Å². The van der Waals surface area contributed by atoms with Gasteiger partial charge in [-0.2, -0.15) is 17.6 Å². The zero-order valence-corrected chi connectivity index (χ0v) is 14.3. The monoisotopic (exact) mass is 370 g/mol. The van der Waals surface area contributed by atoms with Gasteiger partial charge >= 0.3 is 11.8 Å². The summed E-state index contributed by atoms with van der Waals surface area (Å²) in [6, 6.07) is 10.9. The van der Waals surface area contributed by atoms with Crippen LogP contribution < -0.4 is 9.47 Å². The van der Waals surface area contributed by atoms with Crippen molar-refractivity contribution < 1.29 is 31.8 Å². The van der Waals surface area contributed by atoms with E-state index >= 15 is 0 Å². The zero-order valence-electron chi connectivity index (χ0n) is 14.3. The van der Waals surface area contributed by atoms with Gasteiger partial charge in [0.1, 0.15) is 11.5 Å². The summed E-state index contributed by atoms with van der Waals surface area (Å²) in [4.78, 5) is 11.8. The van der Waals surface area contributed by atoms with E-state index in [0.29, 0.717) is 11.5 Å². The number of ketones is 1. The standard InChI is InChI=1S/C19H18F4O3/c1-25-15-7-3-13(4-8-15)11-18(20,21)17(24)19(22,23)12-14-5-9-16(26-2)10-6-14/h3-10H,11-12H2,1-2H3. The maximum absolute atomic E-state index is 14.1. The van der Waals surface area contributed by atoms with Crippen LogP contribution in [0.25, 0.3) is 0 Å². The third kappa shape index (κ3) is 4.74. The summed E-state index contributed by atoms with van der Waals surface area (Å²) in [6.45, 7) is 0. The summed E-state index contributed by atoms with van der Waals surface area (Å²) in [7, 11) is 2.82. The number of hydrogen-bond donors (Lipinski definition) is 0. The van der Waals surface area contributed by atoms with Gasteiger partial charge in [-0.15, -0.1) is 0 Å². The van der Waals surface area contributed by atoms with Crippen LogP contribution in [0.5, 0.6) is 11.5 Å². The summed E-state index contributed by atoms with van der Waals surface area (Å²) < 4.78 is 66.3. The Labute approximate surface area is 148 Å². The van der Waals surface area contributed by atoms with Crippen molar-refractivity contribution >= 4 is 5.78 Å². The lowest BCUT2D eigenvalue weighted by Gasteiger charge is -2.22. The number of hydrogen-bond acceptors (Lipinski definition) is 3. The van der Waals surface area contributed by atoms with Crippen molar-refractivity contribution in [2.75, 3.05) is 14.2 Å². The van der Waals surface area contributed by atoms with E-state index in [9.17, 15) is 22.4 Å². The normalized spacial score (nSPS) is 11.9. The summed E-state index contributed by atoms with van der Waals surface area (Å²) in [5.41, 5.74) is 0.119. The Kier molecular flexibility index (Phi) is 5.90. The molecule has 0 aromatic heterocycles. The minimum Gasteiger partial charge on any atom is -0.497 e. The van der Waals surface area contributed by atoms with E-state index < -0.39 is 30.5 Å². The van der Waals surface area contributed by atoms with Crippen LogP contribution in [0.2, 0.25) is 0 Å². The van der Waals surface area contributed by atoms with E-state index in [-0.39, 0.29) is 11.1 Å². The van der Waals surface area contributed by atoms with Gasteiger partial charge in [-0.1, -0.05) is 24.3 Å². The SMILES string of the molecule is COc1ccc(CC(F)(F)C(=O)C(F)(F)Cc2ccc(OC)cc2)cc1. The highest BCUT2D eigenvalue weighted by Crippen LogP contribution is 2.33. The molecule has 2 aromatic carbocycles. The van der Waals surface area contributed by atoms with Gasteiger partial charge in [0.15, 0.2) is 0 Å². The molecule has 3 nitrogen and oxygen atoms in total. The fourth-order valence-electron chi connectivity index (χ4n) is 2.43. The largest absolute Gasteiger partial charge is 0.497 e. The number of ether oxygens (including phenoxy) is 2. The topological polar surface area (TPSA) is 35.5 Å². The van der Waals surface area contributed by atoms with Crippen molar-refractivity contribution in [3.8, 4) is 11.5 Å². The molecule has 0 bridgehead atoms. The summed E-state index contributed by atoms with van der Waals surface area (Å²) >= 11 is 0. The van der Waals surface area contributed by atoms with E-state index in [1.54, 1.807) is 0 Å². The Morgan fingerprint density at radius 1 is 0.731 bits per heavy atom. The first-order chi connectivity index (χ1) is 12.2. The molecule has 0 spiro atoms. The van der Waals surface area contributed by atoms with Crippen LogP contribution >= 0.6 is 0 Å². The average Bonchev–Trinajstić information content (AvgIpc) is 2.61. The first-order valence-corrected chi connectivity index (χ1v) is 7.74. The van der Waals surface area contributed by atoms with E-state index in [0.717, 1.165) is 0 Å². The van der Waals surface area contributed by atoms with E-state index in [1.165, 1.54) is 62.8 Å². The predicted molar refractivity (Wildman–Crippen MR) is 88.3 cm³/mol. The Morgan fingerprint density at radius 2 is 1.04 bits per heavy atom. The molecule has 0 saturated carbocycles. The van der Waals surface area contributed by atoms with Gasteiger partial charge in [-0.05, 0) is 35.4 Å². The molecule has 0 fully saturated rings. The second kappa shape index (κ2) is 7.76. The quantitative estimate of drug-likeness (QED) is 0.649. The zero-order chi connectivity index (χ0) is 19.4. The Morgan fingerprint density at radius 3 is 1.31 bits per heavy atom. The maximum atomic E-state index is 14.1. The number of Topliss-reactive ketones (excluding diaryl/α,β-unsaturated/α-hetero) is 1. The van der Waals surface area contributed by atoms with Gasteiger partial charge in [-0.3, -0.25) is 4.79 Å². The molecule has 0 saturated heterocycles. The highest BCUT2D eigenvalue weighted by Gasteiger charge is 2.53. The smallest absolute Gasteiger partial charge is 0.315 e. The molecular weight excluding hydrogens is 352 g/mol. The Balaban J connectivity index is 2.11. The van der Waals surface area contributed by atoms with Crippen molar-refractivity contribution in [3.63, 3.8) is 0 Å². The van der Waals surface area contributed by atoms with E-state index in [1.807, 2.05) is 0 Å². The summed E-state index contributed by atoms with van der Waals surface area (Å²) in [5, 5.41) is 0. The second-order valence-electron chi connectivity index (χ2n) is 5.79. The molecule has 0 radical (unpaired) electrons. The second-order valence-corrected chi connectivity index (χ2v) is 5.79. The van der Waals surface area contributed by atoms with Crippen molar-refractivity contribution in [2.45, 2.75) is 24.7 Å². The highest BCUT2D eigenvalue weighted by atomic mass is 19.3. The third-order valence-electron chi connectivity index (χ3n) is 3.83. The molecule has 0 aliphatic rings. The lowest BCUT2D eigenvalue weighted by Crippen LogP contribution is -2.45. The number of alkyl halides is 4. The van der Waals surface area contributed by atoms with E-state index in [4.69, 9.17) is 9.47 Å². The number of carbonyl (C=O) groups is 1. The average molecular weight is 370 g/mol. The van der Waals surface area contributed by atoms with Gasteiger partial charge in [0.2, 0.25) is 0 Å². The highest BCUT2D eigenvalue weighted by molar-refractivity contribution is 5.92. The number of methoxy groups -OCH3 is 2. The van der Waals surface area contributed by atoms with Crippen LogP contribution in [0.1, 0.15) is 11.1 Å². The Hall–Kier alpha value is -2.57. The molecule has 0 amide bonds. The molecule has 0 atom stereocenters. The fourth-order valence-corrected chi connectivity index (χ4v) is 2.43. The first kappa shape index (κ1) is 19.8. The molecule has 26 heavy (non-hydrogen) atoms. The maximum Gasteiger partial charge on any atom is 0.315 e. The molecule has 0 unspecified atom stereocenters. The number of rotatable bonds is 8. The van der Waals surface area contributed by atoms with Crippen LogP contribution in [0.4, 0.5) is 17.6 Å². The lowest BCUT2D eigenvalue weighted by molar-refractivity contribution is -0.168. The number of benzene rings is 2. The Bertz CT molecular complexity index is 677. The molecule has 0 N–H and O–H groups in total. The predicted octanol–water partition coefficient (Wildman–Crippen LogP) is 4.33. The van der Waals surface area contributed by atoms with Crippen LogP contribution in [0, 0.1) is 0 Å².